The van der Waals surface area contributed by atoms with Crippen molar-refractivity contribution < 1.29 is 9.53 Å². The summed E-state index contributed by atoms with van der Waals surface area (Å²) in [5.41, 5.74) is 3.09. The molecule has 1 saturated heterocycles. The topological polar surface area (TPSA) is 70.2 Å². The first kappa shape index (κ1) is 16.9. The molecule has 24 heavy (non-hydrogen) atoms. The van der Waals surface area contributed by atoms with Crippen LogP contribution < -0.4 is 5.32 Å². The second-order valence-electron chi connectivity index (χ2n) is 6.72. The van der Waals surface area contributed by atoms with Gasteiger partial charge in [-0.05, 0) is 50.9 Å². The Balaban J connectivity index is 1.40. The molecule has 6 heteroatoms. The zero-order valence-electron chi connectivity index (χ0n) is 14.5. The van der Waals surface area contributed by atoms with Crippen molar-refractivity contribution in [3.05, 3.63) is 29.6 Å². The fourth-order valence-electron chi connectivity index (χ4n) is 3.28. The summed E-state index contributed by atoms with van der Waals surface area (Å²) in [6.07, 6.45) is 2.39. The number of benzene rings is 1. The van der Waals surface area contributed by atoms with Gasteiger partial charge in [-0.3, -0.25) is 4.79 Å². The lowest BCUT2D eigenvalue weighted by atomic mass is 9.98. The number of nitrogens with zero attached hydrogens (tertiary/aromatic N) is 2. The molecule has 0 unspecified atom stereocenters. The molecule has 0 aliphatic carbocycles. The number of aryl methyl sites for hydroxylation is 1. The van der Waals surface area contributed by atoms with E-state index in [-0.39, 0.29) is 12.5 Å². The van der Waals surface area contributed by atoms with E-state index in [1.807, 2.05) is 25.1 Å². The maximum absolute atomic E-state index is 11.9. The molecule has 2 N–H and O–H groups in total. The van der Waals surface area contributed by atoms with Crippen LogP contribution in [-0.4, -0.2) is 54.1 Å². The second-order valence-corrected chi connectivity index (χ2v) is 6.72. The number of piperidine rings is 1. The number of imidazole rings is 1. The Morgan fingerprint density at radius 2 is 2.38 bits per heavy atom. The summed E-state index contributed by atoms with van der Waals surface area (Å²) < 4.78 is 5.50. The first-order valence-electron chi connectivity index (χ1n) is 8.59. The number of likely N-dealkylation sites (tertiary alicyclic amines) is 1. The van der Waals surface area contributed by atoms with Crippen molar-refractivity contribution in [1.29, 1.82) is 0 Å². The summed E-state index contributed by atoms with van der Waals surface area (Å²) >= 11 is 0. The molecule has 1 aliphatic rings. The number of hydrogen-bond donors (Lipinski definition) is 2. The summed E-state index contributed by atoms with van der Waals surface area (Å²) in [7, 11) is 2.13. The third kappa shape index (κ3) is 4.33. The Morgan fingerprint density at radius 3 is 3.17 bits per heavy atom. The van der Waals surface area contributed by atoms with Crippen LogP contribution in [0.15, 0.2) is 18.2 Å². The van der Waals surface area contributed by atoms with E-state index in [4.69, 9.17) is 4.74 Å². The Bertz CT molecular complexity index is 697. The quantitative estimate of drug-likeness (QED) is 0.848. The highest BCUT2D eigenvalue weighted by Crippen LogP contribution is 2.16. The molecule has 130 valence electrons. The van der Waals surface area contributed by atoms with Crippen molar-refractivity contribution in [1.82, 2.24) is 20.2 Å². The van der Waals surface area contributed by atoms with Crippen molar-refractivity contribution in [2.45, 2.75) is 26.4 Å². The number of rotatable bonds is 6. The summed E-state index contributed by atoms with van der Waals surface area (Å²) in [5, 5.41) is 2.97. The van der Waals surface area contributed by atoms with E-state index in [1.54, 1.807) is 0 Å². The van der Waals surface area contributed by atoms with Gasteiger partial charge in [0.15, 0.2) is 0 Å². The van der Waals surface area contributed by atoms with Gasteiger partial charge in [-0.2, -0.15) is 0 Å². The molecule has 1 atom stereocenters. The third-order valence-electron chi connectivity index (χ3n) is 4.55. The van der Waals surface area contributed by atoms with Crippen LogP contribution in [-0.2, 0) is 16.1 Å². The van der Waals surface area contributed by atoms with Crippen molar-refractivity contribution in [3.63, 3.8) is 0 Å². The number of aromatic amines is 1. The zero-order valence-corrected chi connectivity index (χ0v) is 14.5. The predicted octanol–water partition coefficient (Wildman–Crippen LogP) is 1.85. The number of para-hydroxylation sites is 1. The number of fused-ring (bicyclic) bond motifs is 1. The second kappa shape index (κ2) is 7.77. The number of carbonyl (C=O) groups excluding carboxylic acids is 1. The fourth-order valence-corrected chi connectivity index (χ4v) is 3.28. The van der Waals surface area contributed by atoms with E-state index >= 15 is 0 Å². The molecule has 0 bridgehead atoms. The fraction of sp³-hybridized carbons (Fsp3) is 0.556. The van der Waals surface area contributed by atoms with E-state index < -0.39 is 0 Å². The smallest absolute Gasteiger partial charge is 0.246 e. The average Bonchev–Trinajstić information content (AvgIpc) is 2.97. The number of hydrogen-bond acceptors (Lipinski definition) is 4. The number of amides is 1. The minimum absolute atomic E-state index is 0.0597. The SMILES string of the molecule is Cc1cccc2[nH]c(COCC(=O)NC[C@@H]3CCCN(C)C3)nc12. The van der Waals surface area contributed by atoms with Gasteiger partial charge in [0, 0.05) is 13.1 Å². The van der Waals surface area contributed by atoms with Gasteiger partial charge in [-0.25, -0.2) is 4.98 Å². The van der Waals surface area contributed by atoms with Gasteiger partial charge in [0.1, 0.15) is 19.0 Å². The molecular weight excluding hydrogens is 304 g/mol. The summed E-state index contributed by atoms with van der Waals surface area (Å²) in [6, 6.07) is 6.02. The largest absolute Gasteiger partial charge is 0.364 e. The number of carbonyl (C=O) groups is 1. The summed E-state index contributed by atoms with van der Waals surface area (Å²) in [6.45, 7) is 5.36. The highest BCUT2D eigenvalue weighted by Gasteiger charge is 2.17. The minimum atomic E-state index is -0.0597. The molecule has 1 aliphatic heterocycles. The van der Waals surface area contributed by atoms with Crippen LogP contribution in [0.5, 0.6) is 0 Å². The van der Waals surface area contributed by atoms with Gasteiger partial charge in [0.25, 0.3) is 0 Å². The normalized spacial score (nSPS) is 18.8. The average molecular weight is 330 g/mol. The van der Waals surface area contributed by atoms with Crippen molar-refractivity contribution in [2.24, 2.45) is 5.92 Å². The molecule has 3 rings (SSSR count). The number of aromatic nitrogens is 2. The van der Waals surface area contributed by atoms with Crippen LogP contribution in [0.3, 0.4) is 0 Å². The molecular formula is C18H26N4O2. The van der Waals surface area contributed by atoms with Crippen LogP contribution in [0.4, 0.5) is 0 Å². The minimum Gasteiger partial charge on any atom is -0.364 e. The highest BCUT2D eigenvalue weighted by atomic mass is 16.5. The zero-order chi connectivity index (χ0) is 16.9. The standard InChI is InChI=1S/C18H26N4O2/c1-13-5-3-7-15-18(13)21-16(20-15)11-24-12-17(23)19-9-14-6-4-8-22(2)10-14/h3,5,7,14H,4,6,8-12H2,1-2H3,(H,19,23)(H,20,21)/t14-/m0/s1. The molecule has 0 saturated carbocycles. The van der Waals surface area contributed by atoms with Crippen molar-refractivity contribution >= 4 is 16.9 Å². The molecule has 1 fully saturated rings. The monoisotopic (exact) mass is 330 g/mol. The van der Waals surface area contributed by atoms with Gasteiger partial charge < -0.3 is 19.9 Å². The van der Waals surface area contributed by atoms with Gasteiger partial charge in [-0.1, -0.05) is 12.1 Å². The Kier molecular flexibility index (Phi) is 5.48. The summed E-state index contributed by atoms with van der Waals surface area (Å²) in [5.74, 6) is 1.24. The van der Waals surface area contributed by atoms with E-state index in [2.05, 4.69) is 27.2 Å². The van der Waals surface area contributed by atoms with Crippen LogP contribution in [0, 0.1) is 12.8 Å². The molecule has 1 aromatic heterocycles. The van der Waals surface area contributed by atoms with Crippen LogP contribution >= 0.6 is 0 Å². The molecule has 6 nitrogen and oxygen atoms in total. The Morgan fingerprint density at radius 1 is 1.50 bits per heavy atom. The molecule has 1 aromatic carbocycles. The van der Waals surface area contributed by atoms with E-state index in [0.717, 1.165) is 42.1 Å². The van der Waals surface area contributed by atoms with Gasteiger partial charge >= 0.3 is 0 Å². The summed E-state index contributed by atoms with van der Waals surface area (Å²) in [4.78, 5) is 22.0. The van der Waals surface area contributed by atoms with Crippen LogP contribution in [0.1, 0.15) is 24.2 Å². The number of H-pyrrole nitrogens is 1. The maximum Gasteiger partial charge on any atom is 0.246 e. The van der Waals surface area contributed by atoms with E-state index in [1.165, 1.54) is 12.8 Å². The van der Waals surface area contributed by atoms with Crippen molar-refractivity contribution in [3.8, 4) is 0 Å². The van der Waals surface area contributed by atoms with E-state index in [0.29, 0.717) is 12.5 Å². The van der Waals surface area contributed by atoms with Crippen LogP contribution in [0.2, 0.25) is 0 Å². The molecule has 1 amide bonds. The lowest BCUT2D eigenvalue weighted by Crippen LogP contribution is -2.40. The lowest BCUT2D eigenvalue weighted by molar-refractivity contribution is -0.126. The maximum atomic E-state index is 11.9. The Hall–Kier alpha value is -1.92. The number of nitrogens with one attached hydrogen (secondary N) is 2. The van der Waals surface area contributed by atoms with Gasteiger partial charge in [0.05, 0.1) is 11.0 Å². The molecule has 0 spiro atoms. The van der Waals surface area contributed by atoms with Gasteiger partial charge in [-0.15, -0.1) is 0 Å². The lowest BCUT2D eigenvalue weighted by Gasteiger charge is -2.29. The highest BCUT2D eigenvalue weighted by molar-refractivity contribution is 5.78. The molecule has 0 radical (unpaired) electrons. The predicted molar refractivity (Wildman–Crippen MR) is 93.7 cm³/mol. The first-order valence-corrected chi connectivity index (χ1v) is 8.59. The Labute approximate surface area is 142 Å². The number of ether oxygens (including phenoxy) is 1. The third-order valence-corrected chi connectivity index (χ3v) is 4.55. The van der Waals surface area contributed by atoms with Gasteiger partial charge in [0.2, 0.25) is 5.91 Å². The molecule has 2 aromatic rings. The van der Waals surface area contributed by atoms with Crippen LogP contribution in [0.25, 0.3) is 11.0 Å². The molecule has 2 heterocycles. The van der Waals surface area contributed by atoms with Crippen molar-refractivity contribution in [2.75, 3.05) is 33.3 Å². The van der Waals surface area contributed by atoms with E-state index in [9.17, 15) is 4.79 Å². The first-order chi connectivity index (χ1) is 11.6.